The summed E-state index contributed by atoms with van der Waals surface area (Å²) in [6, 6.07) is 8.85. The van der Waals surface area contributed by atoms with Gasteiger partial charge in [0.25, 0.3) is 0 Å². The predicted octanol–water partition coefficient (Wildman–Crippen LogP) is 2.34. The van der Waals surface area contributed by atoms with E-state index in [4.69, 9.17) is 0 Å². The van der Waals surface area contributed by atoms with Gasteiger partial charge in [-0.25, -0.2) is 0 Å². The minimum absolute atomic E-state index is 0.187. The SMILES string of the molecule is Cc1ccc(CN(C)C(=O)C2CCNC(C)C2)cc1. The fourth-order valence-corrected chi connectivity index (χ4v) is 2.71. The molecule has 1 amide bonds. The maximum Gasteiger partial charge on any atom is 0.225 e. The fourth-order valence-electron chi connectivity index (χ4n) is 2.71. The van der Waals surface area contributed by atoms with Gasteiger partial charge >= 0.3 is 0 Å². The molecule has 1 heterocycles. The zero-order chi connectivity index (χ0) is 13.8. The Hall–Kier alpha value is -1.35. The average Bonchev–Trinajstić information content (AvgIpc) is 2.40. The Morgan fingerprint density at radius 1 is 1.37 bits per heavy atom. The standard InChI is InChI=1S/C16H24N2O/c1-12-4-6-14(7-5-12)11-18(3)16(19)15-8-9-17-13(2)10-15/h4-7,13,15,17H,8-11H2,1-3H3. The molecule has 3 heteroatoms. The van der Waals surface area contributed by atoms with Crippen LogP contribution in [0.25, 0.3) is 0 Å². The second kappa shape index (κ2) is 6.20. The number of carbonyl (C=O) groups is 1. The monoisotopic (exact) mass is 260 g/mol. The van der Waals surface area contributed by atoms with Crippen LogP contribution in [0.2, 0.25) is 0 Å². The van der Waals surface area contributed by atoms with Crippen molar-refractivity contribution < 1.29 is 4.79 Å². The van der Waals surface area contributed by atoms with Crippen molar-refractivity contribution in [3.8, 4) is 0 Å². The molecule has 0 saturated carbocycles. The first-order valence-corrected chi connectivity index (χ1v) is 7.10. The van der Waals surface area contributed by atoms with Gasteiger partial charge < -0.3 is 10.2 Å². The van der Waals surface area contributed by atoms with Gasteiger partial charge in [0.15, 0.2) is 0 Å². The van der Waals surface area contributed by atoms with Crippen molar-refractivity contribution >= 4 is 5.91 Å². The number of aryl methyl sites for hydroxylation is 1. The molecule has 1 aliphatic heterocycles. The van der Waals surface area contributed by atoms with Crippen LogP contribution < -0.4 is 5.32 Å². The van der Waals surface area contributed by atoms with Crippen LogP contribution >= 0.6 is 0 Å². The maximum absolute atomic E-state index is 12.4. The lowest BCUT2D eigenvalue weighted by Crippen LogP contribution is -2.42. The molecule has 2 rings (SSSR count). The number of nitrogens with zero attached hydrogens (tertiary/aromatic N) is 1. The molecule has 0 aliphatic carbocycles. The molecular formula is C16H24N2O. The van der Waals surface area contributed by atoms with Gasteiger partial charge in [0.1, 0.15) is 0 Å². The molecule has 1 fully saturated rings. The van der Waals surface area contributed by atoms with Gasteiger partial charge in [0.05, 0.1) is 0 Å². The third-order valence-electron chi connectivity index (χ3n) is 3.89. The van der Waals surface area contributed by atoms with Crippen molar-refractivity contribution in [3.63, 3.8) is 0 Å². The molecule has 0 spiro atoms. The summed E-state index contributed by atoms with van der Waals surface area (Å²) in [5.41, 5.74) is 2.45. The highest BCUT2D eigenvalue weighted by molar-refractivity contribution is 5.78. The first-order chi connectivity index (χ1) is 9.06. The summed E-state index contributed by atoms with van der Waals surface area (Å²) in [5, 5.41) is 3.39. The van der Waals surface area contributed by atoms with E-state index in [1.54, 1.807) is 0 Å². The number of benzene rings is 1. The average molecular weight is 260 g/mol. The highest BCUT2D eigenvalue weighted by Gasteiger charge is 2.26. The summed E-state index contributed by atoms with van der Waals surface area (Å²) >= 11 is 0. The number of amides is 1. The van der Waals surface area contributed by atoms with Crippen LogP contribution in [0.15, 0.2) is 24.3 Å². The number of carbonyl (C=O) groups excluding carboxylic acids is 1. The molecule has 1 aliphatic rings. The minimum Gasteiger partial charge on any atom is -0.341 e. The van der Waals surface area contributed by atoms with E-state index in [2.05, 4.69) is 43.4 Å². The second-order valence-electron chi connectivity index (χ2n) is 5.76. The zero-order valence-electron chi connectivity index (χ0n) is 12.1. The van der Waals surface area contributed by atoms with Crippen molar-refractivity contribution in [2.75, 3.05) is 13.6 Å². The molecule has 1 N–H and O–H groups in total. The first-order valence-electron chi connectivity index (χ1n) is 7.10. The van der Waals surface area contributed by atoms with Gasteiger partial charge in [-0.05, 0) is 38.8 Å². The van der Waals surface area contributed by atoms with Gasteiger partial charge in [0.2, 0.25) is 5.91 Å². The van der Waals surface area contributed by atoms with Crippen LogP contribution in [0.3, 0.4) is 0 Å². The van der Waals surface area contributed by atoms with E-state index in [0.29, 0.717) is 12.6 Å². The number of rotatable bonds is 3. The van der Waals surface area contributed by atoms with Crippen molar-refractivity contribution in [3.05, 3.63) is 35.4 Å². The third-order valence-corrected chi connectivity index (χ3v) is 3.89. The molecular weight excluding hydrogens is 236 g/mol. The van der Waals surface area contributed by atoms with Crippen molar-refractivity contribution in [1.29, 1.82) is 0 Å². The Kier molecular flexibility index (Phi) is 4.59. The maximum atomic E-state index is 12.4. The van der Waals surface area contributed by atoms with Crippen LogP contribution in [-0.2, 0) is 11.3 Å². The van der Waals surface area contributed by atoms with Gasteiger partial charge in [-0.2, -0.15) is 0 Å². The van der Waals surface area contributed by atoms with E-state index in [1.807, 2.05) is 11.9 Å². The van der Waals surface area contributed by atoms with E-state index < -0.39 is 0 Å². The summed E-state index contributed by atoms with van der Waals surface area (Å²) in [5.74, 6) is 0.473. The number of hydrogen-bond donors (Lipinski definition) is 1. The van der Waals surface area contributed by atoms with E-state index >= 15 is 0 Å². The van der Waals surface area contributed by atoms with E-state index in [-0.39, 0.29) is 11.8 Å². The van der Waals surface area contributed by atoms with Crippen LogP contribution in [-0.4, -0.2) is 30.4 Å². The van der Waals surface area contributed by atoms with Crippen LogP contribution in [0.4, 0.5) is 0 Å². The van der Waals surface area contributed by atoms with Crippen LogP contribution in [0.1, 0.15) is 30.9 Å². The molecule has 2 atom stereocenters. The lowest BCUT2D eigenvalue weighted by Gasteiger charge is -2.30. The zero-order valence-corrected chi connectivity index (χ0v) is 12.1. The Bertz CT molecular complexity index is 427. The van der Waals surface area contributed by atoms with Gasteiger partial charge in [0, 0.05) is 25.6 Å². The second-order valence-corrected chi connectivity index (χ2v) is 5.76. The molecule has 0 aromatic heterocycles. The molecule has 0 bridgehead atoms. The Morgan fingerprint density at radius 2 is 2.05 bits per heavy atom. The summed E-state index contributed by atoms with van der Waals surface area (Å²) in [6.07, 6.45) is 1.92. The Balaban J connectivity index is 1.93. The molecule has 3 nitrogen and oxygen atoms in total. The Morgan fingerprint density at radius 3 is 2.68 bits per heavy atom. The van der Waals surface area contributed by atoms with Crippen molar-refractivity contribution in [1.82, 2.24) is 10.2 Å². The number of hydrogen-bond acceptors (Lipinski definition) is 2. The largest absolute Gasteiger partial charge is 0.341 e. The molecule has 1 saturated heterocycles. The highest BCUT2D eigenvalue weighted by atomic mass is 16.2. The van der Waals surface area contributed by atoms with E-state index in [1.165, 1.54) is 11.1 Å². The Labute approximate surface area is 116 Å². The summed E-state index contributed by atoms with van der Waals surface area (Å²) in [7, 11) is 1.91. The molecule has 2 unspecified atom stereocenters. The summed E-state index contributed by atoms with van der Waals surface area (Å²) in [6.45, 7) is 5.89. The topological polar surface area (TPSA) is 32.3 Å². The summed E-state index contributed by atoms with van der Waals surface area (Å²) < 4.78 is 0. The number of nitrogens with one attached hydrogen (secondary N) is 1. The first kappa shape index (κ1) is 14.1. The van der Waals surface area contributed by atoms with Gasteiger partial charge in [-0.3, -0.25) is 4.79 Å². The fraction of sp³-hybridized carbons (Fsp3) is 0.562. The number of piperidine rings is 1. The van der Waals surface area contributed by atoms with Crippen molar-refractivity contribution in [2.24, 2.45) is 5.92 Å². The summed E-state index contributed by atoms with van der Waals surface area (Å²) in [4.78, 5) is 14.3. The molecule has 104 valence electrons. The van der Waals surface area contributed by atoms with E-state index in [0.717, 1.165) is 19.4 Å². The molecule has 0 radical (unpaired) electrons. The lowest BCUT2D eigenvalue weighted by atomic mass is 9.92. The van der Waals surface area contributed by atoms with E-state index in [9.17, 15) is 4.79 Å². The highest BCUT2D eigenvalue weighted by Crippen LogP contribution is 2.19. The minimum atomic E-state index is 0.187. The van der Waals surface area contributed by atoms with Gasteiger partial charge in [-0.15, -0.1) is 0 Å². The van der Waals surface area contributed by atoms with Crippen LogP contribution in [0.5, 0.6) is 0 Å². The van der Waals surface area contributed by atoms with Crippen molar-refractivity contribution in [2.45, 2.75) is 39.3 Å². The molecule has 1 aromatic rings. The third kappa shape index (κ3) is 3.80. The van der Waals surface area contributed by atoms with Gasteiger partial charge in [-0.1, -0.05) is 29.8 Å². The van der Waals surface area contributed by atoms with Crippen LogP contribution in [0, 0.1) is 12.8 Å². The molecule has 1 aromatic carbocycles. The molecule has 19 heavy (non-hydrogen) atoms. The quantitative estimate of drug-likeness (QED) is 0.904. The smallest absolute Gasteiger partial charge is 0.225 e. The lowest BCUT2D eigenvalue weighted by molar-refractivity contribution is -0.135. The normalized spacial score (nSPS) is 23.1. The predicted molar refractivity (Wildman–Crippen MR) is 77.8 cm³/mol.